The lowest BCUT2D eigenvalue weighted by molar-refractivity contribution is -0.140. The number of ether oxygens (including phenoxy) is 1. The second kappa shape index (κ2) is 7.38. The van der Waals surface area contributed by atoms with E-state index in [1.165, 1.54) is 15.5 Å². The number of hydrogen-bond acceptors (Lipinski definition) is 3. The van der Waals surface area contributed by atoms with Gasteiger partial charge in [-0.2, -0.15) is 13.2 Å². The Labute approximate surface area is 164 Å². The number of imidazole rings is 1. The number of carbonyl (C=O) groups excluding carboxylic acids is 1. The maximum absolute atomic E-state index is 13.6. The zero-order valence-electron chi connectivity index (χ0n) is 16.4. The summed E-state index contributed by atoms with van der Waals surface area (Å²) in [5.41, 5.74) is -1.32. The van der Waals surface area contributed by atoms with E-state index < -0.39 is 42.0 Å². The highest BCUT2D eigenvalue weighted by atomic mass is 19.4. The molecule has 3 rings (SSSR count). The zero-order valence-corrected chi connectivity index (χ0v) is 16.4. The molecule has 1 aliphatic heterocycles. The van der Waals surface area contributed by atoms with Crippen molar-refractivity contribution in [1.82, 2.24) is 14.0 Å². The summed E-state index contributed by atoms with van der Waals surface area (Å²) in [6.07, 6.45) is -4.33. The molecule has 1 aromatic carbocycles. The van der Waals surface area contributed by atoms with Crippen molar-refractivity contribution in [2.45, 2.75) is 58.0 Å². The largest absolute Gasteiger partial charge is 0.444 e. The van der Waals surface area contributed by atoms with Crippen LogP contribution in [-0.4, -0.2) is 45.0 Å². The predicted molar refractivity (Wildman–Crippen MR) is 98.3 cm³/mol. The quantitative estimate of drug-likeness (QED) is 0.692. The summed E-state index contributed by atoms with van der Waals surface area (Å²) < 4.78 is 59.7. The van der Waals surface area contributed by atoms with Crippen LogP contribution < -0.4 is 5.69 Å². The minimum Gasteiger partial charge on any atom is -0.444 e. The van der Waals surface area contributed by atoms with Gasteiger partial charge in [0.2, 0.25) is 0 Å². The Morgan fingerprint density at radius 1 is 1.14 bits per heavy atom. The lowest BCUT2D eigenvalue weighted by atomic mass is 10.0. The average molecular weight is 417 g/mol. The Morgan fingerprint density at radius 3 is 2.31 bits per heavy atom. The molecule has 1 saturated heterocycles. The fourth-order valence-corrected chi connectivity index (χ4v) is 3.57. The van der Waals surface area contributed by atoms with E-state index in [0.717, 1.165) is 12.1 Å². The predicted octanol–water partition coefficient (Wildman–Crippen LogP) is 4.08. The Kier molecular flexibility index (Phi) is 5.40. The van der Waals surface area contributed by atoms with E-state index in [0.29, 0.717) is 30.5 Å². The van der Waals surface area contributed by atoms with E-state index in [1.54, 1.807) is 20.8 Å². The minimum absolute atomic E-state index is 0.0955. The number of carbonyl (C=O) groups is 1. The molecular weight excluding hydrogens is 394 g/mol. The van der Waals surface area contributed by atoms with E-state index in [-0.39, 0.29) is 11.0 Å². The van der Waals surface area contributed by atoms with Gasteiger partial charge in [0.1, 0.15) is 18.0 Å². The van der Waals surface area contributed by atoms with Crippen LogP contribution in [0.3, 0.4) is 0 Å². The second-order valence-electron chi connectivity index (χ2n) is 8.19. The van der Waals surface area contributed by atoms with Crippen LogP contribution in [-0.2, 0) is 11.3 Å². The number of fused-ring (bicyclic) bond motifs is 1. The highest BCUT2D eigenvalue weighted by Gasteiger charge is 2.33. The lowest BCUT2D eigenvalue weighted by Gasteiger charge is -2.33. The first-order valence-electron chi connectivity index (χ1n) is 9.31. The Hall–Kier alpha value is -2.52. The van der Waals surface area contributed by atoms with Crippen molar-refractivity contribution < 1.29 is 27.1 Å². The monoisotopic (exact) mass is 417 g/mol. The molecule has 0 unspecified atom stereocenters. The Morgan fingerprint density at radius 2 is 1.76 bits per heavy atom. The van der Waals surface area contributed by atoms with Crippen LogP contribution in [0, 0.1) is 5.82 Å². The fourth-order valence-electron chi connectivity index (χ4n) is 3.57. The molecule has 0 saturated carbocycles. The van der Waals surface area contributed by atoms with Crippen LogP contribution in [0.5, 0.6) is 0 Å². The third-order valence-electron chi connectivity index (χ3n) is 4.74. The molecule has 10 heteroatoms. The van der Waals surface area contributed by atoms with Gasteiger partial charge in [-0.15, -0.1) is 0 Å². The molecule has 1 fully saturated rings. The van der Waals surface area contributed by atoms with Gasteiger partial charge in [0, 0.05) is 19.1 Å². The van der Waals surface area contributed by atoms with Gasteiger partial charge in [0.25, 0.3) is 0 Å². The van der Waals surface area contributed by atoms with E-state index in [4.69, 9.17) is 4.74 Å². The van der Waals surface area contributed by atoms with Crippen molar-refractivity contribution in [2.75, 3.05) is 13.1 Å². The van der Waals surface area contributed by atoms with Crippen LogP contribution in [0.2, 0.25) is 0 Å². The molecule has 0 spiro atoms. The minimum atomic E-state index is -4.62. The maximum Gasteiger partial charge on any atom is 0.410 e. The van der Waals surface area contributed by atoms with Gasteiger partial charge in [-0.3, -0.25) is 9.13 Å². The second-order valence-corrected chi connectivity index (χ2v) is 8.19. The summed E-state index contributed by atoms with van der Waals surface area (Å²) in [5, 5.41) is 0. The molecule has 2 aromatic rings. The number of halogens is 4. The van der Waals surface area contributed by atoms with Gasteiger partial charge < -0.3 is 9.64 Å². The van der Waals surface area contributed by atoms with Crippen LogP contribution in [0.1, 0.15) is 39.7 Å². The molecule has 0 bridgehead atoms. The van der Waals surface area contributed by atoms with Gasteiger partial charge in [0.15, 0.2) is 0 Å². The highest BCUT2D eigenvalue weighted by Crippen LogP contribution is 2.28. The van der Waals surface area contributed by atoms with Crippen LogP contribution in [0.25, 0.3) is 11.0 Å². The molecule has 160 valence electrons. The summed E-state index contributed by atoms with van der Waals surface area (Å²) in [4.78, 5) is 26.5. The first-order chi connectivity index (χ1) is 13.4. The number of aromatic nitrogens is 2. The standard InChI is InChI=1S/C19H23F4N3O3/c1-18(2,3)29-17(28)24-8-6-13(7-9-24)26-14-5-4-12(20)10-15(14)25(16(26)27)11-19(21,22)23/h4-5,10,13H,6-9,11H2,1-3H3. The number of benzene rings is 1. The van der Waals surface area contributed by atoms with Crippen molar-refractivity contribution >= 4 is 17.1 Å². The summed E-state index contributed by atoms with van der Waals surface area (Å²) >= 11 is 0. The zero-order chi connectivity index (χ0) is 21.6. The van der Waals surface area contributed by atoms with Crippen molar-refractivity contribution in [2.24, 2.45) is 0 Å². The van der Waals surface area contributed by atoms with E-state index in [1.807, 2.05) is 0 Å². The molecule has 0 atom stereocenters. The van der Waals surface area contributed by atoms with Crippen molar-refractivity contribution in [3.05, 3.63) is 34.5 Å². The number of nitrogens with zero attached hydrogens (tertiary/aromatic N) is 3. The third-order valence-corrected chi connectivity index (χ3v) is 4.74. The molecule has 6 nitrogen and oxygen atoms in total. The molecule has 0 aliphatic carbocycles. The molecular formula is C19H23F4N3O3. The van der Waals surface area contributed by atoms with Crippen LogP contribution >= 0.6 is 0 Å². The number of piperidine rings is 1. The first kappa shape index (κ1) is 21.2. The molecule has 1 aromatic heterocycles. The Bertz CT molecular complexity index is 964. The number of likely N-dealkylation sites (tertiary alicyclic amines) is 1. The average Bonchev–Trinajstić information content (AvgIpc) is 2.84. The van der Waals surface area contributed by atoms with Gasteiger partial charge in [-0.25, -0.2) is 14.0 Å². The van der Waals surface area contributed by atoms with Crippen molar-refractivity contribution in [1.29, 1.82) is 0 Å². The molecule has 1 aliphatic rings. The summed E-state index contributed by atoms with van der Waals surface area (Å²) in [5.74, 6) is -0.717. The number of hydrogen-bond donors (Lipinski definition) is 0. The number of alkyl halides is 3. The third kappa shape index (κ3) is 4.73. The maximum atomic E-state index is 13.6. The van der Waals surface area contributed by atoms with Gasteiger partial charge in [-0.1, -0.05) is 0 Å². The molecule has 1 amide bonds. The summed E-state index contributed by atoms with van der Waals surface area (Å²) in [6.45, 7) is 4.39. The topological polar surface area (TPSA) is 56.5 Å². The molecule has 29 heavy (non-hydrogen) atoms. The van der Waals surface area contributed by atoms with Gasteiger partial charge in [-0.05, 0) is 51.8 Å². The van der Waals surface area contributed by atoms with E-state index in [9.17, 15) is 27.2 Å². The van der Waals surface area contributed by atoms with Gasteiger partial charge >= 0.3 is 18.0 Å². The van der Waals surface area contributed by atoms with Crippen LogP contribution in [0.15, 0.2) is 23.0 Å². The first-order valence-corrected chi connectivity index (χ1v) is 9.31. The van der Waals surface area contributed by atoms with Crippen molar-refractivity contribution in [3.63, 3.8) is 0 Å². The lowest BCUT2D eigenvalue weighted by Crippen LogP contribution is -2.43. The normalized spacial score (nSPS) is 16.4. The summed E-state index contributed by atoms with van der Waals surface area (Å²) in [7, 11) is 0. The highest BCUT2D eigenvalue weighted by molar-refractivity contribution is 5.76. The summed E-state index contributed by atoms with van der Waals surface area (Å²) in [6, 6.07) is 2.98. The van der Waals surface area contributed by atoms with Crippen LogP contribution in [0.4, 0.5) is 22.4 Å². The molecule has 0 radical (unpaired) electrons. The van der Waals surface area contributed by atoms with E-state index in [2.05, 4.69) is 0 Å². The van der Waals surface area contributed by atoms with Gasteiger partial charge in [0.05, 0.1) is 11.0 Å². The van der Waals surface area contributed by atoms with E-state index >= 15 is 0 Å². The number of rotatable bonds is 2. The van der Waals surface area contributed by atoms with Crippen molar-refractivity contribution in [3.8, 4) is 0 Å². The SMILES string of the molecule is CC(C)(C)OC(=O)N1CCC(n2c(=O)n(CC(F)(F)F)c3cc(F)ccc32)CC1. The fraction of sp³-hybridized carbons (Fsp3) is 0.579. The smallest absolute Gasteiger partial charge is 0.410 e. The number of amides is 1. The Balaban J connectivity index is 1.89. The molecule has 0 N–H and O–H groups in total. The molecule has 2 heterocycles.